The van der Waals surface area contributed by atoms with Crippen molar-refractivity contribution in [3.05, 3.63) is 47.8 Å². The molecule has 0 aliphatic carbocycles. The third-order valence-electron chi connectivity index (χ3n) is 2.92. The van der Waals surface area contributed by atoms with E-state index in [-0.39, 0.29) is 25.5 Å². The normalized spacial score (nSPS) is 10.2. The van der Waals surface area contributed by atoms with E-state index in [0.29, 0.717) is 17.1 Å². The average Bonchev–Trinajstić information content (AvgIpc) is 2.89. The van der Waals surface area contributed by atoms with Crippen LogP contribution in [0.15, 0.2) is 36.4 Å². The van der Waals surface area contributed by atoms with Gasteiger partial charge in [0, 0.05) is 13.5 Å². The van der Waals surface area contributed by atoms with Gasteiger partial charge >= 0.3 is 6.09 Å². The lowest BCUT2D eigenvalue weighted by molar-refractivity contribution is 0.100. The zero-order chi connectivity index (χ0) is 15.9. The Morgan fingerprint density at radius 2 is 2.05 bits per heavy atom. The number of para-hydroxylation sites is 1. The maximum Gasteiger partial charge on any atom is 0.404 e. The van der Waals surface area contributed by atoms with E-state index in [2.05, 4.69) is 10.4 Å². The molecule has 7 heteroatoms. The second-order valence-corrected chi connectivity index (χ2v) is 4.63. The Kier molecular flexibility index (Phi) is 5.13. The number of carbonyl (C=O) groups excluding carboxylic acids is 1. The van der Waals surface area contributed by atoms with Crippen LogP contribution >= 0.6 is 0 Å². The van der Waals surface area contributed by atoms with Crippen molar-refractivity contribution in [2.45, 2.75) is 20.1 Å². The first kappa shape index (κ1) is 15.6. The van der Waals surface area contributed by atoms with E-state index in [0.717, 1.165) is 0 Å². The Bertz CT molecular complexity index is 652. The van der Waals surface area contributed by atoms with Crippen LogP contribution in [0.2, 0.25) is 0 Å². The van der Waals surface area contributed by atoms with Crippen molar-refractivity contribution in [1.29, 1.82) is 0 Å². The molecule has 0 spiro atoms. The van der Waals surface area contributed by atoms with Crippen molar-refractivity contribution in [3.8, 4) is 5.75 Å². The van der Waals surface area contributed by atoms with E-state index in [1.54, 1.807) is 6.07 Å². The van der Waals surface area contributed by atoms with Crippen molar-refractivity contribution in [3.63, 3.8) is 0 Å². The van der Waals surface area contributed by atoms with Gasteiger partial charge in [0.05, 0.1) is 6.54 Å². The van der Waals surface area contributed by atoms with Crippen LogP contribution < -0.4 is 10.1 Å². The smallest absolute Gasteiger partial charge is 0.404 e. The van der Waals surface area contributed by atoms with Crippen LogP contribution in [0.4, 0.5) is 4.79 Å². The standard InChI is InChI=1S/C15H17N3O4/c1-11(19)14-9-12(10-22-13-5-3-2-4-6-13)17-18(14)8-7-16-15(20)21/h2-6,9,16H,7-8,10H2,1H3,(H,20,21). The molecule has 2 aromatic rings. The molecule has 1 amide bonds. The highest BCUT2D eigenvalue weighted by Gasteiger charge is 2.12. The van der Waals surface area contributed by atoms with E-state index < -0.39 is 6.09 Å². The van der Waals surface area contributed by atoms with Gasteiger partial charge in [-0.15, -0.1) is 0 Å². The van der Waals surface area contributed by atoms with E-state index in [1.807, 2.05) is 30.3 Å². The molecule has 0 aliphatic rings. The monoisotopic (exact) mass is 303 g/mol. The third kappa shape index (κ3) is 4.34. The zero-order valence-electron chi connectivity index (χ0n) is 12.2. The molecular weight excluding hydrogens is 286 g/mol. The van der Waals surface area contributed by atoms with Crippen LogP contribution in [0.25, 0.3) is 0 Å². The number of rotatable bonds is 7. The molecule has 22 heavy (non-hydrogen) atoms. The van der Waals surface area contributed by atoms with Gasteiger partial charge in [-0.2, -0.15) is 5.10 Å². The fraction of sp³-hybridized carbons (Fsp3) is 0.267. The molecule has 0 fully saturated rings. The average molecular weight is 303 g/mol. The number of Topliss-reactive ketones (excluding diaryl/α,β-unsaturated/α-hetero) is 1. The largest absolute Gasteiger partial charge is 0.487 e. The van der Waals surface area contributed by atoms with Crippen LogP contribution in [0.1, 0.15) is 23.1 Å². The van der Waals surface area contributed by atoms with Crippen molar-refractivity contribution in [2.75, 3.05) is 6.54 Å². The summed E-state index contributed by atoms with van der Waals surface area (Å²) in [5, 5.41) is 15.1. The molecule has 116 valence electrons. The molecule has 0 saturated carbocycles. The van der Waals surface area contributed by atoms with Gasteiger partial charge in [0.25, 0.3) is 0 Å². The molecule has 1 aromatic heterocycles. The molecule has 2 rings (SSSR count). The topological polar surface area (TPSA) is 93.5 Å². The highest BCUT2D eigenvalue weighted by molar-refractivity contribution is 5.92. The predicted octanol–water partition coefficient (Wildman–Crippen LogP) is 1.93. The first-order valence-electron chi connectivity index (χ1n) is 6.78. The zero-order valence-corrected chi connectivity index (χ0v) is 12.2. The lowest BCUT2D eigenvalue weighted by atomic mass is 10.3. The van der Waals surface area contributed by atoms with Gasteiger partial charge in [0.1, 0.15) is 23.7 Å². The summed E-state index contributed by atoms with van der Waals surface area (Å²) in [6, 6.07) is 11.0. The van der Waals surface area contributed by atoms with Crippen molar-refractivity contribution in [2.24, 2.45) is 0 Å². The number of hydrogen-bond donors (Lipinski definition) is 2. The summed E-state index contributed by atoms with van der Waals surface area (Å²) in [4.78, 5) is 22.1. The number of benzene rings is 1. The molecule has 0 unspecified atom stereocenters. The Hall–Kier alpha value is -2.83. The quantitative estimate of drug-likeness (QED) is 0.762. The van der Waals surface area contributed by atoms with Crippen molar-refractivity contribution in [1.82, 2.24) is 15.1 Å². The summed E-state index contributed by atoms with van der Waals surface area (Å²) < 4.78 is 7.07. The van der Waals surface area contributed by atoms with Crippen LogP contribution in [0, 0.1) is 0 Å². The van der Waals surface area contributed by atoms with Gasteiger partial charge < -0.3 is 15.2 Å². The number of ether oxygens (including phenoxy) is 1. The van der Waals surface area contributed by atoms with E-state index in [4.69, 9.17) is 9.84 Å². The Morgan fingerprint density at radius 3 is 2.68 bits per heavy atom. The number of carbonyl (C=O) groups is 2. The van der Waals surface area contributed by atoms with Crippen molar-refractivity contribution < 1.29 is 19.4 Å². The van der Waals surface area contributed by atoms with Gasteiger partial charge in [0.15, 0.2) is 5.78 Å². The molecule has 0 saturated heterocycles. The Labute approximate surface area is 127 Å². The Balaban J connectivity index is 2.02. The molecule has 1 heterocycles. The minimum Gasteiger partial charge on any atom is -0.487 e. The first-order chi connectivity index (χ1) is 10.6. The van der Waals surface area contributed by atoms with Gasteiger partial charge in [-0.25, -0.2) is 4.79 Å². The molecule has 2 N–H and O–H groups in total. The summed E-state index contributed by atoms with van der Waals surface area (Å²) in [7, 11) is 0. The number of nitrogens with one attached hydrogen (secondary N) is 1. The van der Waals surface area contributed by atoms with Gasteiger partial charge in [-0.3, -0.25) is 9.48 Å². The lowest BCUT2D eigenvalue weighted by Crippen LogP contribution is -2.26. The minimum absolute atomic E-state index is 0.131. The van der Waals surface area contributed by atoms with E-state index in [9.17, 15) is 9.59 Å². The van der Waals surface area contributed by atoms with Crippen LogP contribution in [-0.2, 0) is 13.2 Å². The summed E-state index contributed by atoms with van der Waals surface area (Å²) in [6.07, 6.45) is -1.11. The number of amides is 1. The number of hydrogen-bond acceptors (Lipinski definition) is 4. The van der Waals surface area contributed by atoms with Gasteiger partial charge in [-0.1, -0.05) is 18.2 Å². The second kappa shape index (κ2) is 7.26. The molecule has 7 nitrogen and oxygen atoms in total. The van der Waals surface area contributed by atoms with E-state index >= 15 is 0 Å². The lowest BCUT2D eigenvalue weighted by Gasteiger charge is -2.05. The predicted molar refractivity (Wildman–Crippen MR) is 79.0 cm³/mol. The van der Waals surface area contributed by atoms with Gasteiger partial charge in [0.2, 0.25) is 0 Å². The summed E-state index contributed by atoms with van der Waals surface area (Å²) in [5.74, 6) is 0.586. The van der Waals surface area contributed by atoms with Crippen molar-refractivity contribution >= 4 is 11.9 Å². The molecule has 0 aliphatic heterocycles. The minimum atomic E-state index is -1.11. The van der Waals surface area contributed by atoms with Gasteiger partial charge in [-0.05, 0) is 18.2 Å². The summed E-state index contributed by atoms with van der Waals surface area (Å²) >= 11 is 0. The molecule has 1 aromatic carbocycles. The molecular formula is C15H17N3O4. The number of aromatic nitrogens is 2. The third-order valence-corrected chi connectivity index (χ3v) is 2.92. The summed E-state index contributed by atoms with van der Waals surface area (Å²) in [6.45, 7) is 2.15. The fourth-order valence-corrected chi connectivity index (χ4v) is 1.94. The summed E-state index contributed by atoms with van der Waals surface area (Å²) in [5.41, 5.74) is 1.04. The molecule has 0 bridgehead atoms. The van der Waals surface area contributed by atoms with E-state index in [1.165, 1.54) is 11.6 Å². The first-order valence-corrected chi connectivity index (χ1v) is 6.78. The van der Waals surface area contributed by atoms with Crippen LogP contribution in [-0.4, -0.2) is 33.3 Å². The van der Waals surface area contributed by atoms with Crippen LogP contribution in [0.3, 0.4) is 0 Å². The maximum absolute atomic E-state index is 11.6. The highest BCUT2D eigenvalue weighted by Crippen LogP contribution is 2.12. The maximum atomic E-state index is 11.6. The number of carboxylic acid groups (broad SMARTS) is 1. The highest BCUT2D eigenvalue weighted by atomic mass is 16.5. The number of nitrogens with zero attached hydrogens (tertiary/aromatic N) is 2. The number of ketones is 1. The SMILES string of the molecule is CC(=O)c1cc(COc2ccccc2)nn1CCNC(=O)O. The fourth-order valence-electron chi connectivity index (χ4n) is 1.94. The molecule has 0 atom stereocenters. The second-order valence-electron chi connectivity index (χ2n) is 4.63. The van der Waals surface area contributed by atoms with Crippen LogP contribution in [0.5, 0.6) is 5.75 Å². The molecule has 0 radical (unpaired) electrons. The Morgan fingerprint density at radius 1 is 1.32 bits per heavy atom.